The zero-order chi connectivity index (χ0) is 21.3. The molecule has 2 rings (SSSR count). The fourth-order valence-electron chi connectivity index (χ4n) is 2.66. The maximum absolute atomic E-state index is 12.4. The maximum Gasteiger partial charge on any atom is 0.401 e. The van der Waals surface area contributed by atoms with E-state index in [1.807, 2.05) is 47.8 Å². The summed E-state index contributed by atoms with van der Waals surface area (Å²) in [5.74, 6) is -1.02. The summed E-state index contributed by atoms with van der Waals surface area (Å²) in [4.78, 5) is 29.7. The van der Waals surface area contributed by atoms with Gasteiger partial charge in [-0.15, -0.1) is 12.4 Å². The van der Waals surface area contributed by atoms with Crippen molar-refractivity contribution in [1.82, 2.24) is 20.5 Å². The van der Waals surface area contributed by atoms with E-state index in [1.165, 1.54) is 7.05 Å². The summed E-state index contributed by atoms with van der Waals surface area (Å²) in [6, 6.07) is 14.5. The molecule has 6 nitrogen and oxygen atoms in total. The summed E-state index contributed by atoms with van der Waals surface area (Å²) in [7, 11) is 1.37. The Labute approximate surface area is 179 Å². The van der Waals surface area contributed by atoms with Crippen LogP contribution in [0.25, 0.3) is 0 Å². The standard InChI is InChI=1S/C20H23F3N4O2.ClH/c1-27(19(29)12-24-14-20(21,22)23)13-18(28)26-17(15-7-3-2-4-8-15)11-16-9-5-6-10-25-16;/h2-10,17,24H,11-14H2,1H3,(H,26,28);1H. The lowest BCUT2D eigenvalue weighted by molar-refractivity contribution is -0.137. The van der Waals surface area contributed by atoms with E-state index in [0.29, 0.717) is 6.42 Å². The lowest BCUT2D eigenvalue weighted by Gasteiger charge is -2.22. The topological polar surface area (TPSA) is 74.3 Å². The van der Waals surface area contributed by atoms with Gasteiger partial charge in [-0.25, -0.2) is 0 Å². The summed E-state index contributed by atoms with van der Waals surface area (Å²) in [6.07, 6.45) is -2.27. The van der Waals surface area contributed by atoms with Crippen LogP contribution in [-0.4, -0.2) is 54.6 Å². The van der Waals surface area contributed by atoms with Gasteiger partial charge in [-0.05, 0) is 17.7 Å². The van der Waals surface area contributed by atoms with Crippen molar-refractivity contribution in [3.63, 3.8) is 0 Å². The maximum atomic E-state index is 12.4. The largest absolute Gasteiger partial charge is 0.401 e. The first kappa shape index (κ1) is 25.4. The van der Waals surface area contributed by atoms with Crippen LogP contribution in [0.15, 0.2) is 54.7 Å². The Hall–Kier alpha value is -2.65. The summed E-state index contributed by atoms with van der Waals surface area (Å²) in [6.45, 7) is -2.03. The number of carbonyl (C=O) groups is 2. The highest BCUT2D eigenvalue weighted by Crippen LogP contribution is 2.17. The molecule has 0 spiro atoms. The highest BCUT2D eigenvalue weighted by atomic mass is 35.5. The summed E-state index contributed by atoms with van der Waals surface area (Å²) < 4.78 is 36.4. The molecule has 0 aliphatic rings. The van der Waals surface area contributed by atoms with Crippen molar-refractivity contribution in [2.24, 2.45) is 0 Å². The molecule has 0 aliphatic heterocycles. The van der Waals surface area contributed by atoms with Crippen molar-refractivity contribution >= 4 is 24.2 Å². The van der Waals surface area contributed by atoms with Crippen LogP contribution in [-0.2, 0) is 16.0 Å². The molecule has 1 aromatic carbocycles. The van der Waals surface area contributed by atoms with Crippen LogP contribution in [0.4, 0.5) is 13.2 Å². The summed E-state index contributed by atoms with van der Waals surface area (Å²) in [5.41, 5.74) is 1.68. The molecule has 2 amide bonds. The average molecular weight is 445 g/mol. The SMILES string of the molecule is CN(CC(=O)NC(Cc1ccccn1)c1ccccc1)C(=O)CNCC(F)(F)F.Cl. The highest BCUT2D eigenvalue weighted by molar-refractivity contribution is 5.86. The fourth-order valence-corrected chi connectivity index (χ4v) is 2.66. The van der Waals surface area contributed by atoms with Gasteiger partial charge in [0, 0.05) is 25.4 Å². The number of hydrogen-bond donors (Lipinski definition) is 2. The molecule has 1 aromatic heterocycles. The molecule has 0 saturated heterocycles. The molecule has 2 N–H and O–H groups in total. The van der Waals surface area contributed by atoms with Crippen LogP contribution in [0.1, 0.15) is 17.3 Å². The van der Waals surface area contributed by atoms with Crippen LogP contribution in [0.3, 0.4) is 0 Å². The van der Waals surface area contributed by atoms with Crippen molar-refractivity contribution in [3.8, 4) is 0 Å². The first-order chi connectivity index (χ1) is 13.7. The second-order valence-electron chi connectivity index (χ2n) is 6.52. The van der Waals surface area contributed by atoms with E-state index in [0.717, 1.165) is 16.2 Å². The predicted molar refractivity (Wildman–Crippen MR) is 109 cm³/mol. The van der Waals surface area contributed by atoms with E-state index in [1.54, 1.807) is 12.3 Å². The van der Waals surface area contributed by atoms with E-state index in [-0.39, 0.29) is 25.0 Å². The molecule has 10 heteroatoms. The third kappa shape index (κ3) is 9.23. The van der Waals surface area contributed by atoms with E-state index < -0.39 is 31.1 Å². The first-order valence-corrected chi connectivity index (χ1v) is 9.00. The molecule has 164 valence electrons. The molecule has 0 saturated carbocycles. The number of halogens is 4. The van der Waals surface area contributed by atoms with E-state index in [4.69, 9.17) is 0 Å². The molecule has 0 bridgehead atoms. The van der Waals surface area contributed by atoms with Crippen molar-refractivity contribution < 1.29 is 22.8 Å². The molecule has 1 unspecified atom stereocenters. The Balaban J connectivity index is 0.00000450. The Bertz CT molecular complexity index is 792. The van der Waals surface area contributed by atoms with Gasteiger partial charge in [0.1, 0.15) is 0 Å². The third-order valence-electron chi connectivity index (χ3n) is 4.08. The lowest BCUT2D eigenvalue weighted by atomic mass is 10.0. The highest BCUT2D eigenvalue weighted by Gasteiger charge is 2.27. The number of amides is 2. The number of pyridine rings is 1. The molecule has 1 heterocycles. The van der Waals surface area contributed by atoms with Crippen LogP contribution in [0.2, 0.25) is 0 Å². The molecule has 1 atom stereocenters. The number of rotatable bonds is 9. The number of benzene rings is 1. The molecule has 30 heavy (non-hydrogen) atoms. The second kappa shape index (κ2) is 12.1. The smallest absolute Gasteiger partial charge is 0.347 e. The molecular weight excluding hydrogens is 421 g/mol. The summed E-state index contributed by atoms with van der Waals surface area (Å²) in [5, 5.41) is 4.90. The van der Waals surface area contributed by atoms with Crippen LogP contribution in [0, 0.1) is 0 Å². The average Bonchev–Trinajstić information content (AvgIpc) is 2.68. The number of aromatic nitrogens is 1. The number of carbonyl (C=O) groups excluding carboxylic acids is 2. The zero-order valence-corrected chi connectivity index (χ0v) is 17.2. The van der Waals surface area contributed by atoms with Crippen LogP contribution < -0.4 is 10.6 Å². The monoisotopic (exact) mass is 444 g/mol. The third-order valence-corrected chi connectivity index (χ3v) is 4.08. The number of nitrogens with one attached hydrogen (secondary N) is 2. The molecule has 0 radical (unpaired) electrons. The molecule has 0 aliphatic carbocycles. The summed E-state index contributed by atoms with van der Waals surface area (Å²) >= 11 is 0. The minimum Gasteiger partial charge on any atom is -0.347 e. The quantitative estimate of drug-likeness (QED) is 0.623. The number of nitrogens with zero attached hydrogens (tertiary/aromatic N) is 2. The minimum absolute atomic E-state index is 0. The molecule has 2 aromatic rings. The molecule has 0 fully saturated rings. The van der Waals surface area contributed by atoms with Gasteiger partial charge in [-0.1, -0.05) is 36.4 Å². The Morgan fingerprint density at radius 3 is 2.37 bits per heavy atom. The normalized spacial score (nSPS) is 11.9. The number of hydrogen-bond acceptors (Lipinski definition) is 4. The van der Waals surface area contributed by atoms with Crippen molar-refractivity contribution in [2.75, 3.05) is 26.7 Å². The van der Waals surface area contributed by atoms with Gasteiger partial charge in [0.2, 0.25) is 11.8 Å². The van der Waals surface area contributed by atoms with E-state index in [9.17, 15) is 22.8 Å². The fraction of sp³-hybridized carbons (Fsp3) is 0.350. The van der Waals surface area contributed by atoms with Crippen LogP contribution >= 0.6 is 12.4 Å². The van der Waals surface area contributed by atoms with Gasteiger partial charge in [0.05, 0.1) is 25.7 Å². The predicted octanol–water partition coefficient (Wildman–Crippen LogP) is 2.51. The molecular formula is C20H24ClF3N4O2. The zero-order valence-electron chi connectivity index (χ0n) is 16.4. The lowest BCUT2D eigenvalue weighted by Crippen LogP contribution is -2.44. The van der Waals surface area contributed by atoms with Gasteiger partial charge >= 0.3 is 6.18 Å². The second-order valence-corrected chi connectivity index (χ2v) is 6.52. The van der Waals surface area contributed by atoms with E-state index >= 15 is 0 Å². The minimum atomic E-state index is -4.40. The van der Waals surface area contributed by atoms with Crippen LogP contribution in [0.5, 0.6) is 0 Å². The van der Waals surface area contributed by atoms with Gasteiger partial charge in [-0.2, -0.15) is 13.2 Å². The Morgan fingerprint density at radius 1 is 1.10 bits per heavy atom. The number of alkyl halides is 3. The van der Waals surface area contributed by atoms with Gasteiger partial charge in [-0.3, -0.25) is 14.6 Å². The van der Waals surface area contributed by atoms with Gasteiger partial charge in [0.25, 0.3) is 0 Å². The van der Waals surface area contributed by atoms with Gasteiger partial charge < -0.3 is 15.5 Å². The van der Waals surface area contributed by atoms with Gasteiger partial charge in [0.15, 0.2) is 0 Å². The Morgan fingerprint density at radius 2 is 1.77 bits per heavy atom. The van der Waals surface area contributed by atoms with E-state index in [2.05, 4.69) is 10.3 Å². The first-order valence-electron chi connectivity index (χ1n) is 9.00. The number of likely N-dealkylation sites (N-methyl/N-ethyl adjacent to an activating group) is 1. The van der Waals surface area contributed by atoms with Crippen molar-refractivity contribution in [3.05, 3.63) is 66.0 Å². The van der Waals surface area contributed by atoms with Crippen molar-refractivity contribution in [2.45, 2.75) is 18.6 Å². The van der Waals surface area contributed by atoms with Crippen molar-refractivity contribution in [1.29, 1.82) is 0 Å². The Kier molecular flexibility index (Phi) is 10.3.